The minimum atomic E-state index is -0.221. The van der Waals surface area contributed by atoms with E-state index >= 15 is 0 Å². The van der Waals surface area contributed by atoms with Gasteiger partial charge in [0, 0.05) is 37.7 Å². The van der Waals surface area contributed by atoms with Crippen molar-refractivity contribution in [2.45, 2.75) is 12.8 Å². The standard InChI is InChI=1S/C17H20N8O/c26-17(21-13-4-5-14-15(9-13)23-24-22-14)20-10-12-3-1-8-25(11-12)16-18-6-2-7-19-16/h2,4-7,9,12H,1,3,8,10-11H2,(H2,20,21,26)(H,22,23,24). The number of H-pyrrole nitrogens is 1. The van der Waals surface area contributed by atoms with Crippen LogP contribution in [0.25, 0.3) is 11.0 Å². The molecule has 3 N–H and O–H groups in total. The molecule has 0 aliphatic carbocycles. The fourth-order valence-corrected chi connectivity index (χ4v) is 3.20. The summed E-state index contributed by atoms with van der Waals surface area (Å²) >= 11 is 0. The number of aromatic nitrogens is 5. The van der Waals surface area contributed by atoms with Crippen LogP contribution in [-0.4, -0.2) is 51.0 Å². The molecular weight excluding hydrogens is 332 g/mol. The number of aromatic amines is 1. The number of carbonyl (C=O) groups is 1. The molecule has 3 aromatic rings. The van der Waals surface area contributed by atoms with Gasteiger partial charge in [-0.25, -0.2) is 14.8 Å². The summed E-state index contributed by atoms with van der Waals surface area (Å²) in [6.07, 6.45) is 5.65. The molecule has 2 aromatic heterocycles. The Kier molecular flexibility index (Phi) is 4.59. The molecule has 0 saturated carbocycles. The van der Waals surface area contributed by atoms with Gasteiger partial charge in [0.15, 0.2) is 0 Å². The minimum absolute atomic E-state index is 0.221. The highest BCUT2D eigenvalue weighted by molar-refractivity contribution is 5.91. The average Bonchev–Trinajstić information content (AvgIpc) is 3.15. The molecule has 4 rings (SSSR count). The number of carbonyl (C=O) groups excluding carboxylic acids is 1. The maximum atomic E-state index is 12.2. The number of nitrogens with one attached hydrogen (secondary N) is 3. The van der Waals surface area contributed by atoms with E-state index in [0.29, 0.717) is 23.7 Å². The summed E-state index contributed by atoms with van der Waals surface area (Å²) in [5.41, 5.74) is 2.17. The van der Waals surface area contributed by atoms with E-state index in [9.17, 15) is 4.79 Å². The SMILES string of the molecule is O=C(NCC1CCCN(c2ncccn2)C1)Nc1ccc2n[nH]nc2c1. The Balaban J connectivity index is 1.29. The zero-order valence-electron chi connectivity index (χ0n) is 14.2. The van der Waals surface area contributed by atoms with Gasteiger partial charge in [0.05, 0.1) is 0 Å². The highest BCUT2D eigenvalue weighted by atomic mass is 16.2. The fraction of sp³-hybridized carbons (Fsp3) is 0.353. The second-order valence-corrected chi connectivity index (χ2v) is 6.37. The maximum absolute atomic E-state index is 12.2. The lowest BCUT2D eigenvalue weighted by Crippen LogP contribution is -2.42. The third kappa shape index (κ3) is 3.71. The van der Waals surface area contributed by atoms with Crippen molar-refractivity contribution in [1.29, 1.82) is 0 Å². The summed E-state index contributed by atoms with van der Waals surface area (Å²) in [5, 5.41) is 16.4. The first-order valence-electron chi connectivity index (χ1n) is 8.65. The van der Waals surface area contributed by atoms with Crippen molar-refractivity contribution in [1.82, 2.24) is 30.7 Å². The van der Waals surface area contributed by atoms with Crippen LogP contribution in [0.2, 0.25) is 0 Å². The van der Waals surface area contributed by atoms with Crippen LogP contribution in [0.4, 0.5) is 16.4 Å². The summed E-state index contributed by atoms with van der Waals surface area (Å²) in [4.78, 5) is 23.0. The Morgan fingerprint density at radius 2 is 2.08 bits per heavy atom. The largest absolute Gasteiger partial charge is 0.340 e. The molecule has 9 heteroatoms. The summed E-state index contributed by atoms with van der Waals surface area (Å²) in [7, 11) is 0. The number of anilines is 2. The number of fused-ring (bicyclic) bond motifs is 1. The van der Waals surface area contributed by atoms with E-state index in [1.165, 1.54) is 0 Å². The predicted octanol–water partition coefficient (Wildman–Crippen LogP) is 1.79. The summed E-state index contributed by atoms with van der Waals surface area (Å²) in [6, 6.07) is 6.99. The lowest BCUT2D eigenvalue weighted by atomic mass is 9.98. The average molecular weight is 352 g/mol. The Hall–Kier alpha value is -3.23. The summed E-state index contributed by atoms with van der Waals surface area (Å²) < 4.78 is 0. The van der Waals surface area contributed by atoms with Crippen molar-refractivity contribution < 1.29 is 4.79 Å². The lowest BCUT2D eigenvalue weighted by molar-refractivity contribution is 0.249. The van der Waals surface area contributed by atoms with Crippen molar-refractivity contribution >= 4 is 28.7 Å². The zero-order chi connectivity index (χ0) is 17.8. The first-order chi connectivity index (χ1) is 12.8. The number of benzene rings is 1. The number of nitrogens with zero attached hydrogens (tertiary/aromatic N) is 5. The van der Waals surface area contributed by atoms with Crippen LogP contribution in [0.3, 0.4) is 0 Å². The Morgan fingerprint density at radius 3 is 2.96 bits per heavy atom. The van der Waals surface area contributed by atoms with E-state index in [1.807, 2.05) is 12.1 Å². The van der Waals surface area contributed by atoms with E-state index in [2.05, 4.69) is 40.9 Å². The van der Waals surface area contributed by atoms with Gasteiger partial charge in [0.1, 0.15) is 11.0 Å². The Bertz CT molecular complexity index is 881. The molecule has 0 spiro atoms. The third-order valence-electron chi connectivity index (χ3n) is 4.48. The number of urea groups is 1. The van der Waals surface area contributed by atoms with Crippen LogP contribution in [-0.2, 0) is 0 Å². The highest BCUT2D eigenvalue weighted by Crippen LogP contribution is 2.19. The maximum Gasteiger partial charge on any atom is 0.319 e. The molecule has 1 aliphatic heterocycles. The van der Waals surface area contributed by atoms with Crippen LogP contribution < -0.4 is 15.5 Å². The molecule has 1 aliphatic rings. The number of hydrogen-bond donors (Lipinski definition) is 3. The molecule has 26 heavy (non-hydrogen) atoms. The van der Waals surface area contributed by atoms with Gasteiger partial charge >= 0.3 is 6.03 Å². The first-order valence-corrected chi connectivity index (χ1v) is 8.65. The van der Waals surface area contributed by atoms with Crippen molar-refractivity contribution in [2.75, 3.05) is 29.9 Å². The van der Waals surface area contributed by atoms with Gasteiger partial charge in [-0.3, -0.25) is 0 Å². The van der Waals surface area contributed by atoms with Crippen molar-refractivity contribution in [2.24, 2.45) is 5.92 Å². The molecule has 1 aromatic carbocycles. The van der Waals surface area contributed by atoms with Gasteiger partial charge < -0.3 is 15.5 Å². The molecule has 0 radical (unpaired) electrons. The van der Waals surface area contributed by atoms with E-state index in [1.54, 1.807) is 24.5 Å². The van der Waals surface area contributed by atoms with Gasteiger partial charge in [-0.05, 0) is 43.0 Å². The second-order valence-electron chi connectivity index (χ2n) is 6.37. The Morgan fingerprint density at radius 1 is 1.23 bits per heavy atom. The van der Waals surface area contributed by atoms with Gasteiger partial charge in [-0.2, -0.15) is 15.4 Å². The molecule has 2 amide bonds. The van der Waals surface area contributed by atoms with E-state index in [-0.39, 0.29) is 6.03 Å². The normalized spacial score (nSPS) is 17.2. The van der Waals surface area contributed by atoms with E-state index < -0.39 is 0 Å². The number of piperidine rings is 1. The zero-order valence-corrected chi connectivity index (χ0v) is 14.2. The lowest BCUT2D eigenvalue weighted by Gasteiger charge is -2.32. The topological polar surface area (TPSA) is 112 Å². The molecule has 134 valence electrons. The molecule has 0 bridgehead atoms. The van der Waals surface area contributed by atoms with Gasteiger partial charge in [-0.1, -0.05) is 0 Å². The van der Waals surface area contributed by atoms with Gasteiger partial charge in [0.25, 0.3) is 0 Å². The van der Waals surface area contributed by atoms with Gasteiger partial charge in [0.2, 0.25) is 5.95 Å². The molecule has 1 saturated heterocycles. The smallest absolute Gasteiger partial charge is 0.319 e. The van der Waals surface area contributed by atoms with Gasteiger partial charge in [-0.15, -0.1) is 0 Å². The van der Waals surface area contributed by atoms with E-state index in [4.69, 9.17) is 0 Å². The molecular formula is C17H20N8O. The summed E-state index contributed by atoms with van der Waals surface area (Å²) in [6.45, 7) is 2.40. The van der Waals surface area contributed by atoms with Crippen molar-refractivity contribution in [3.05, 3.63) is 36.7 Å². The van der Waals surface area contributed by atoms with Crippen molar-refractivity contribution in [3.8, 4) is 0 Å². The second kappa shape index (κ2) is 7.34. The molecule has 1 fully saturated rings. The van der Waals surface area contributed by atoms with Crippen LogP contribution in [0.15, 0.2) is 36.7 Å². The first kappa shape index (κ1) is 16.2. The Labute approximate surface area is 150 Å². The molecule has 1 atom stereocenters. The molecule has 9 nitrogen and oxygen atoms in total. The summed E-state index contributed by atoms with van der Waals surface area (Å²) in [5.74, 6) is 1.12. The van der Waals surface area contributed by atoms with E-state index in [0.717, 1.165) is 37.4 Å². The van der Waals surface area contributed by atoms with Crippen LogP contribution in [0.5, 0.6) is 0 Å². The molecule has 3 heterocycles. The van der Waals surface area contributed by atoms with Crippen LogP contribution in [0, 0.1) is 5.92 Å². The highest BCUT2D eigenvalue weighted by Gasteiger charge is 2.22. The predicted molar refractivity (Wildman–Crippen MR) is 97.9 cm³/mol. The third-order valence-corrected chi connectivity index (χ3v) is 4.48. The number of rotatable bonds is 4. The van der Waals surface area contributed by atoms with Crippen molar-refractivity contribution in [3.63, 3.8) is 0 Å². The monoisotopic (exact) mass is 352 g/mol. The quantitative estimate of drug-likeness (QED) is 0.660. The van der Waals surface area contributed by atoms with Crippen LogP contribution in [0.1, 0.15) is 12.8 Å². The minimum Gasteiger partial charge on any atom is -0.340 e. The number of amides is 2. The van der Waals surface area contributed by atoms with Crippen LogP contribution >= 0.6 is 0 Å². The molecule has 1 unspecified atom stereocenters. The number of hydrogen-bond acceptors (Lipinski definition) is 6. The fourth-order valence-electron chi connectivity index (χ4n) is 3.20.